The first-order valence-electron chi connectivity index (χ1n) is 4.87. The Balaban J connectivity index is 2.69. The lowest BCUT2D eigenvalue weighted by molar-refractivity contribution is -0.114. The number of hydrogen-bond donors (Lipinski definition) is 3. The maximum atomic E-state index is 11.0. The van der Waals surface area contributed by atoms with Crippen LogP contribution in [0.3, 0.4) is 0 Å². The van der Waals surface area contributed by atoms with Gasteiger partial charge in [-0.25, -0.2) is 0 Å². The molecule has 2 aromatic carbocycles. The minimum absolute atomic E-state index is 0.0460. The number of phenolic OH excluding ortho intramolecular Hbond substituents is 1. The van der Waals surface area contributed by atoms with E-state index in [2.05, 4.69) is 5.32 Å². The molecule has 16 heavy (non-hydrogen) atoms. The number of aromatic hydroxyl groups is 1. The third-order valence-corrected chi connectivity index (χ3v) is 2.37. The maximum absolute atomic E-state index is 11.0. The Morgan fingerprint density at radius 2 is 2.00 bits per heavy atom. The van der Waals surface area contributed by atoms with E-state index in [-0.39, 0.29) is 11.7 Å². The normalized spacial score (nSPS) is 10.3. The molecule has 4 nitrogen and oxygen atoms in total. The van der Waals surface area contributed by atoms with Gasteiger partial charge in [0.05, 0.1) is 5.69 Å². The van der Waals surface area contributed by atoms with Gasteiger partial charge in [0.25, 0.3) is 0 Å². The predicted molar refractivity (Wildman–Crippen MR) is 64.3 cm³/mol. The summed E-state index contributed by atoms with van der Waals surface area (Å²) < 4.78 is 0. The summed E-state index contributed by atoms with van der Waals surface area (Å²) in [6.07, 6.45) is 0. The average molecular weight is 216 g/mol. The van der Waals surface area contributed by atoms with Crippen LogP contribution in [0.5, 0.6) is 5.75 Å². The van der Waals surface area contributed by atoms with Crippen molar-refractivity contribution in [3.63, 3.8) is 0 Å². The van der Waals surface area contributed by atoms with Crippen LogP contribution in [0.2, 0.25) is 0 Å². The van der Waals surface area contributed by atoms with Crippen molar-refractivity contribution in [1.82, 2.24) is 0 Å². The summed E-state index contributed by atoms with van der Waals surface area (Å²) in [6.45, 7) is 1.44. The van der Waals surface area contributed by atoms with Gasteiger partial charge in [0.15, 0.2) is 0 Å². The number of carbonyl (C=O) groups excluding carboxylic acids is 1. The monoisotopic (exact) mass is 216 g/mol. The summed E-state index contributed by atoms with van der Waals surface area (Å²) in [5.41, 5.74) is 6.59. The molecule has 0 saturated heterocycles. The zero-order chi connectivity index (χ0) is 11.7. The molecule has 0 spiro atoms. The quantitative estimate of drug-likeness (QED) is 0.504. The Morgan fingerprint density at radius 3 is 2.69 bits per heavy atom. The standard InChI is InChI=1S/C12H12N2O2/c1-7(15)14-11-4-2-3-9-8(11)5-6-10(13)12(9)16/h2-6,16H,13H2,1H3,(H,14,15). The number of nitrogen functional groups attached to an aromatic ring is 1. The van der Waals surface area contributed by atoms with E-state index in [1.165, 1.54) is 6.92 Å². The number of phenols is 1. The van der Waals surface area contributed by atoms with Crippen molar-refractivity contribution in [2.45, 2.75) is 6.92 Å². The second-order valence-electron chi connectivity index (χ2n) is 3.59. The highest BCUT2D eigenvalue weighted by Crippen LogP contribution is 2.34. The van der Waals surface area contributed by atoms with Gasteiger partial charge in [-0.1, -0.05) is 12.1 Å². The third kappa shape index (κ3) is 1.65. The summed E-state index contributed by atoms with van der Waals surface area (Å²) in [4.78, 5) is 11.0. The van der Waals surface area contributed by atoms with E-state index < -0.39 is 0 Å². The van der Waals surface area contributed by atoms with E-state index >= 15 is 0 Å². The van der Waals surface area contributed by atoms with E-state index in [0.717, 1.165) is 5.39 Å². The largest absolute Gasteiger partial charge is 0.505 e. The van der Waals surface area contributed by atoms with Crippen LogP contribution < -0.4 is 11.1 Å². The van der Waals surface area contributed by atoms with Crippen LogP contribution in [0.25, 0.3) is 10.8 Å². The lowest BCUT2D eigenvalue weighted by atomic mass is 10.1. The second kappa shape index (κ2) is 3.73. The van der Waals surface area contributed by atoms with E-state index in [1.54, 1.807) is 30.3 Å². The zero-order valence-electron chi connectivity index (χ0n) is 8.82. The highest BCUT2D eigenvalue weighted by molar-refractivity contribution is 6.04. The summed E-state index contributed by atoms with van der Waals surface area (Å²) >= 11 is 0. The molecule has 0 radical (unpaired) electrons. The van der Waals surface area contributed by atoms with Crippen molar-refractivity contribution in [1.29, 1.82) is 0 Å². The maximum Gasteiger partial charge on any atom is 0.221 e. The zero-order valence-corrected chi connectivity index (χ0v) is 8.82. The van der Waals surface area contributed by atoms with Gasteiger partial charge in [-0.2, -0.15) is 0 Å². The summed E-state index contributed by atoms with van der Waals surface area (Å²) in [7, 11) is 0. The first kappa shape index (κ1) is 10.3. The molecule has 0 heterocycles. The highest BCUT2D eigenvalue weighted by atomic mass is 16.3. The smallest absolute Gasteiger partial charge is 0.221 e. The van der Waals surface area contributed by atoms with Gasteiger partial charge in [-0.3, -0.25) is 4.79 Å². The molecule has 0 saturated carbocycles. The Morgan fingerprint density at radius 1 is 1.25 bits per heavy atom. The molecule has 4 heteroatoms. The van der Waals surface area contributed by atoms with E-state index in [1.807, 2.05) is 0 Å². The van der Waals surface area contributed by atoms with Crippen LogP contribution >= 0.6 is 0 Å². The lowest BCUT2D eigenvalue weighted by Crippen LogP contribution is -2.06. The van der Waals surface area contributed by atoms with Crippen LogP contribution in [0.1, 0.15) is 6.92 Å². The fourth-order valence-electron chi connectivity index (χ4n) is 1.66. The Bertz CT molecular complexity index is 564. The molecule has 4 N–H and O–H groups in total. The van der Waals surface area contributed by atoms with E-state index in [4.69, 9.17) is 5.73 Å². The molecule has 2 aromatic rings. The number of anilines is 2. The Labute approximate surface area is 92.7 Å². The number of hydrogen-bond acceptors (Lipinski definition) is 3. The molecule has 0 atom stereocenters. The van der Waals surface area contributed by atoms with Crippen molar-refractivity contribution >= 4 is 28.1 Å². The van der Waals surface area contributed by atoms with Crippen molar-refractivity contribution in [3.05, 3.63) is 30.3 Å². The van der Waals surface area contributed by atoms with Gasteiger partial charge in [-0.15, -0.1) is 0 Å². The van der Waals surface area contributed by atoms with Gasteiger partial charge in [0, 0.05) is 23.4 Å². The minimum atomic E-state index is -0.149. The number of amides is 1. The van der Waals surface area contributed by atoms with Crippen molar-refractivity contribution in [3.8, 4) is 5.75 Å². The number of nitrogens with two attached hydrogens (primary N) is 1. The minimum Gasteiger partial charge on any atom is -0.505 e. The predicted octanol–water partition coefficient (Wildman–Crippen LogP) is 2.09. The lowest BCUT2D eigenvalue weighted by Gasteiger charge is -2.09. The van der Waals surface area contributed by atoms with Crippen LogP contribution in [0.4, 0.5) is 11.4 Å². The summed E-state index contributed by atoms with van der Waals surface area (Å²) in [6, 6.07) is 8.68. The molecule has 2 rings (SSSR count). The summed E-state index contributed by atoms with van der Waals surface area (Å²) in [5.74, 6) is -0.103. The first-order valence-corrected chi connectivity index (χ1v) is 4.87. The van der Waals surface area contributed by atoms with Gasteiger partial charge in [0.1, 0.15) is 5.75 Å². The number of rotatable bonds is 1. The van der Waals surface area contributed by atoms with E-state index in [0.29, 0.717) is 16.8 Å². The number of carbonyl (C=O) groups is 1. The molecule has 0 aromatic heterocycles. The average Bonchev–Trinajstić information content (AvgIpc) is 2.23. The topological polar surface area (TPSA) is 75.3 Å². The van der Waals surface area contributed by atoms with E-state index in [9.17, 15) is 9.90 Å². The molecule has 1 amide bonds. The number of benzene rings is 2. The number of nitrogens with one attached hydrogen (secondary N) is 1. The summed E-state index contributed by atoms with van der Waals surface area (Å²) in [5, 5.41) is 13.9. The Hall–Kier alpha value is -2.23. The third-order valence-electron chi connectivity index (χ3n) is 2.37. The molecule has 0 bridgehead atoms. The van der Waals surface area contributed by atoms with Crippen molar-refractivity contribution < 1.29 is 9.90 Å². The van der Waals surface area contributed by atoms with Gasteiger partial charge >= 0.3 is 0 Å². The first-order chi connectivity index (χ1) is 7.59. The SMILES string of the molecule is CC(=O)Nc1cccc2c(O)c(N)ccc12. The molecule has 0 aliphatic carbocycles. The number of fused-ring (bicyclic) bond motifs is 1. The van der Waals surface area contributed by atoms with Gasteiger partial charge in [0.2, 0.25) is 5.91 Å². The molecule has 0 aliphatic heterocycles. The van der Waals surface area contributed by atoms with Crippen molar-refractivity contribution in [2.24, 2.45) is 0 Å². The molecule has 0 unspecified atom stereocenters. The molecular weight excluding hydrogens is 204 g/mol. The van der Waals surface area contributed by atoms with Crippen LogP contribution in [-0.4, -0.2) is 11.0 Å². The Kier molecular flexibility index (Phi) is 2.40. The molecule has 82 valence electrons. The van der Waals surface area contributed by atoms with Crippen LogP contribution in [0.15, 0.2) is 30.3 Å². The van der Waals surface area contributed by atoms with Gasteiger partial charge < -0.3 is 16.2 Å². The molecular formula is C12H12N2O2. The van der Waals surface area contributed by atoms with Gasteiger partial charge in [-0.05, 0) is 18.2 Å². The fourth-order valence-corrected chi connectivity index (χ4v) is 1.66. The fraction of sp³-hybridized carbons (Fsp3) is 0.0833. The van der Waals surface area contributed by atoms with Crippen LogP contribution in [0, 0.1) is 0 Å². The highest BCUT2D eigenvalue weighted by Gasteiger charge is 2.07. The van der Waals surface area contributed by atoms with Crippen LogP contribution in [-0.2, 0) is 4.79 Å². The molecule has 0 fully saturated rings. The molecule has 0 aliphatic rings. The second-order valence-corrected chi connectivity index (χ2v) is 3.59. The van der Waals surface area contributed by atoms with Crippen molar-refractivity contribution in [2.75, 3.05) is 11.1 Å².